The minimum atomic E-state index is -4.56. The fourth-order valence-electron chi connectivity index (χ4n) is 1.62. The van der Waals surface area contributed by atoms with Gasteiger partial charge in [-0.15, -0.1) is 0 Å². The summed E-state index contributed by atoms with van der Waals surface area (Å²) in [6, 6.07) is 4.10. The molecule has 0 fully saturated rings. The van der Waals surface area contributed by atoms with Crippen molar-refractivity contribution >= 4 is 11.8 Å². The molecular weight excluding hydrogens is 271 g/mol. The van der Waals surface area contributed by atoms with Crippen LogP contribution in [0.5, 0.6) is 0 Å². The summed E-state index contributed by atoms with van der Waals surface area (Å²) in [5.74, 6) is -0.415. The number of rotatable bonds is 3. The quantitative estimate of drug-likeness (QED) is 0.905. The molecule has 8 heteroatoms. The highest BCUT2D eigenvalue weighted by Crippen LogP contribution is 2.30. The molecule has 0 amide bonds. The summed E-state index contributed by atoms with van der Waals surface area (Å²) >= 11 is 0. The lowest BCUT2D eigenvalue weighted by Gasteiger charge is -2.15. The second-order valence-corrected chi connectivity index (χ2v) is 4.15. The zero-order chi connectivity index (χ0) is 14.8. The zero-order valence-corrected chi connectivity index (χ0v) is 10.5. The molecule has 0 aromatic carbocycles. The van der Waals surface area contributed by atoms with Crippen molar-refractivity contribution in [2.45, 2.75) is 19.1 Å². The van der Waals surface area contributed by atoms with Crippen LogP contribution in [0.25, 0.3) is 0 Å². The fourth-order valence-corrected chi connectivity index (χ4v) is 1.62. The van der Waals surface area contributed by atoms with E-state index < -0.39 is 17.8 Å². The van der Waals surface area contributed by atoms with E-state index in [1.54, 1.807) is 31.5 Å². The van der Waals surface area contributed by atoms with E-state index in [1.165, 1.54) is 0 Å². The molecule has 0 spiro atoms. The first-order valence-corrected chi connectivity index (χ1v) is 5.74. The van der Waals surface area contributed by atoms with Crippen molar-refractivity contribution < 1.29 is 13.2 Å². The van der Waals surface area contributed by atoms with Crippen LogP contribution in [0.1, 0.15) is 24.2 Å². The Morgan fingerprint density at radius 3 is 2.65 bits per heavy atom. The first kappa shape index (κ1) is 14.0. The van der Waals surface area contributed by atoms with Gasteiger partial charge in [-0.3, -0.25) is 4.98 Å². The van der Waals surface area contributed by atoms with Crippen molar-refractivity contribution in [1.82, 2.24) is 15.0 Å². The SMILES string of the molecule is CC(Nc1cc(C(F)(F)F)nc(N)n1)c1cccnc1. The Kier molecular flexibility index (Phi) is 3.73. The number of nitrogens with two attached hydrogens (primary N) is 1. The van der Waals surface area contributed by atoms with Crippen molar-refractivity contribution in [3.8, 4) is 0 Å². The zero-order valence-electron chi connectivity index (χ0n) is 10.5. The number of aromatic nitrogens is 3. The van der Waals surface area contributed by atoms with Gasteiger partial charge in [-0.1, -0.05) is 6.07 Å². The van der Waals surface area contributed by atoms with Gasteiger partial charge >= 0.3 is 6.18 Å². The van der Waals surface area contributed by atoms with E-state index in [-0.39, 0.29) is 11.9 Å². The van der Waals surface area contributed by atoms with Crippen molar-refractivity contribution in [2.24, 2.45) is 0 Å². The molecule has 2 aromatic heterocycles. The average molecular weight is 283 g/mol. The van der Waals surface area contributed by atoms with Gasteiger partial charge in [-0.2, -0.15) is 18.2 Å². The molecule has 0 saturated carbocycles. The summed E-state index contributed by atoms with van der Waals surface area (Å²) in [5, 5.41) is 2.84. The Balaban J connectivity index is 2.24. The molecule has 2 aromatic rings. The minimum absolute atomic E-state index is 0.0150. The predicted octanol–water partition coefficient (Wildman–Crippen LogP) is 2.65. The molecule has 0 radical (unpaired) electrons. The molecule has 0 bridgehead atoms. The number of halogens is 3. The Morgan fingerprint density at radius 2 is 2.05 bits per heavy atom. The number of nitrogens with one attached hydrogen (secondary N) is 1. The summed E-state index contributed by atoms with van der Waals surface area (Å²) in [7, 11) is 0. The van der Waals surface area contributed by atoms with Gasteiger partial charge in [-0.05, 0) is 18.6 Å². The third-order valence-corrected chi connectivity index (χ3v) is 2.58. The largest absolute Gasteiger partial charge is 0.433 e. The molecule has 0 aliphatic carbocycles. The normalized spacial score (nSPS) is 13.0. The summed E-state index contributed by atoms with van der Waals surface area (Å²) < 4.78 is 37.9. The van der Waals surface area contributed by atoms with Gasteiger partial charge < -0.3 is 11.1 Å². The van der Waals surface area contributed by atoms with E-state index in [4.69, 9.17) is 5.73 Å². The van der Waals surface area contributed by atoms with Crippen LogP contribution >= 0.6 is 0 Å². The van der Waals surface area contributed by atoms with Gasteiger partial charge in [0.1, 0.15) is 5.82 Å². The van der Waals surface area contributed by atoms with Crippen LogP contribution in [-0.4, -0.2) is 15.0 Å². The standard InChI is InChI=1S/C12H12F3N5/c1-7(8-3-2-4-17-6-8)18-10-5-9(12(13,14)15)19-11(16)20-10/h2-7H,1H3,(H3,16,18,19,20). The van der Waals surface area contributed by atoms with Crippen LogP contribution in [-0.2, 0) is 6.18 Å². The second kappa shape index (κ2) is 5.32. The van der Waals surface area contributed by atoms with Gasteiger partial charge in [0.15, 0.2) is 5.69 Å². The maximum absolute atomic E-state index is 12.6. The molecule has 0 saturated heterocycles. The number of nitrogen functional groups attached to an aromatic ring is 1. The lowest BCUT2D eigenvalue weighted by Crippen LogP contribution is -2.14. The summed E-state index contributed by atoms with van der Waals surface area (Å²) in [4.78, 5) is 10.9. The number of hydrogen-bond donors (Lipinski definition) is 2. The molecule has 106 valence electrons. The molecule has 2 heterocycles. The van der Waals surface area contributed by atoms with E-state index in [0.717, 1.165) is 11.6 Å². The number of anilines is 2. The maximum Gasteiger partial charge on any atom is 0.433 e. The molecule has 2 rings (SSSR count). The molecule has 1 unspecified atom stereocenters. The highest BCUT2D eigenvalue weighted by molar-refractivity contribution is 5.43. The Labute approximate surface area is 113 Å². The molecule has 1 atom stereocenters. The number of alkyl halides is 3. The number of pyridine rings is 1. The molecular formula is C12H12F3N5. The van der Waals surface area contributed by atoms with Crippen LogP contribution in [0.4, 0.5) is 24.9 Å². The lowest BCUT2D eigenvalue weighted by atomic mass is 10.1. The maximum atomic E-state index is 12.6. The van der Waals surface area contributed by atoms with Gasteiger partial charge in [0.05, 0.1) is 6.04 Å². The summed E-state index contributed by atoms with van der Waals surface area (Å²) in [6.45, 7) is 1.78. The van der Waals surface area contributed by atoms with Crippen molar-refractivity contribution in [2.75, 3.05) is 11.1 Å². The molecule has 0 aliphatic heterocycles. The Hall–Kier alpha value is -2.38. The van der Waals surface area contributed by atoms with Crippen molar-refractivity contribution in [1.29, 1.82) is 0 Å². The summed E-state index contributed by atoms with van der Waals surface area (Å²) in [6.07, 6.45) is -1.33. The summed E-state index contributed by atoms with van der Waals surface area (Å²) in [5.41, 5.74) is 5.04. The average Bonchev–Trinajstić information content (AvgIpc) is 2.38. The smallest absolute Gasteiger partial charge is 0.368 e. The van der Waals surface area contributed by atoms with Gasteiger partial charge in [0, 0.05) is 18.5 Å². The monoisotopic (exact) mass is 283 g/mol. The second-order valence-electron chi connectivity index (χ2n) is 4.15. The number of nitrogens with zero attached hydrogens (tertiary/aromatic N) is 3. The van der Waals surface area contributed by atoms with E-state index in [0.29, 0.717) is 0 Å². The van der Waals surface area contributed by atoms with Crippen LogP contribution in [0, 0.1) is 0 Å². The topological polar surface area (TPSA) is 76.7 Å². The van der Waals surface area contributed by atoms with E-state index in [1.807, 2.05) is 0 Å². The minimum Gasteiger partial charge on any atom is -0.368 e. The van der Waals surface area contributed by atoms with Crippen LogP contribution in [0.3, 0.4) is 0 Å². The van der Waals surface area contributed by atoms with Crippen LogP contribution < -0.4 is 11.1 Å². The lowest BCUT2D eigenvalue weighted by molar-refractivity contribution is -0.141. The molecule has 20 heavy (non-hydrogen) atoms. The first-order chi connectivity index (χ1) is 9.36. The third kappa shape index (κ3) is 3.34. The Bertz CT molecular complexity index is 585. The van der Waals surface area contributed by atoms with E-state index in [2.05, 4.69) is 20.3 Å². The van der Waals surface area contributed by atoms with Gasteiger partial charge in [-0.25, -0.2) is 4.98 Å². The van der Waals surface area contributed by atoms with Crippen LogP contribution in [0.15, 0.2) is 30.6 Å². The highest BCUT2D eigenvalue weighted by Gasteiger charge is 2.33. The number of hydrogen-bond acceptors (Lipinski definition) is 5. The van der Waals surface area contributed by atoms with Gasteiger partial charge in [0.2, 0.25) is 5.95 Å². The molecule has 3 N–H and O–H groups in total. The first-order valence-electron chi connectivity index (χ1n) is 5.74. The predicted molar refractivity (Wildman–Crippen MR) is 67.7 cm³/mol. The third-order valence-electron chi connectivity index (χ3n) is 2.58. The van der Waals surface area contributed by atoms with Crippen LogP contribution in [0.2, 0.25) is 0 Å². The molecule has 0 aliphatic rings. The Morgan fingerprint density at radius 1 is 1.30 bits per heavy atom. The van der Waals surface area contributed by atoms with E-state index in [9.17, 15) is 13.2 Å². The fraction of sp³-hybridized carbons (Fsp3) is 0.250. The van der Waals surface area contributed by atoms with Crippen molar-refractivity contribution in [3.05, 3.63) is 41.9 Å². The van der Waals surface area contributed by atoms with Gasteiger partial charge in [0.25, 0.3) is 0 Å². The highest BCUT2D eigenvalue weighted by atomic mass is 19.4. The van der Waals surface area contributed by atoms with E-state index >= 15 is 0 Å². The molecule has 5 nitrogen and oxygen atoms in total. The van der Waals surface area contributed by atoms with Crippen molar-refractivity contribution in [3.63, 3.8) is 0 Å².